The Labute approximate surface area is 133 Å². The van der Waals surface area contributed by atoms with Crippen molar-refractivity contribution in [2.45, 2.75) is 5.37 Å². The number of methoxy groups -OCH3 is 1. The van der Waals surface area contributed by atoms with E-state index in [9.17, 15) is 9.18 Å². The lowest BCUT2D eigenvalue weighted by Crippen LogP contribution is -2.30. The fraction of sp³-hybridized carbons (Fsp3) is 0.235. The van der Waals surface area contributed by atoms with Crippen LogP contribution < -0.4 is 4.74 Å². The first-order valence-electron chi connectivity index (χ1n) is 7.01. The van der Waals surface area contributed by atoms with Crippen molar-refractivity contribution in [3.63, 3.8) is 0 Å². The van der Waals surface area contributed by atoms with Crippen LogP contribution in [-0.4, -0.2) is 30.2 Å². The summed E-state index contributed by atoms with van der Waals surface area (Å²) in [4.78, 5) is 14.5. The number of carbonyl (C=O) groups is 1. The van der Waals surface area contributed by atoms with Gasteiger partial charge in [0.15, 0.2) is 0 Å². The lowest BCUT2D eigenvalue weighted by atomic mass is 10.1. The summed E-state index contributed by atoms with van der Waals surface area (Å²) >= 11 is 1.70. The molecule has 2 aromatic rings. The Hall–Kier alpha value is -2.01. The van der Waals surface area contributed by atoms with Crippen molar-refractivity contribution >= 4 is 17.7 Å². The van der Waals surface area contributed by atoms with Gasteiger partial charge in [-0.15, -0.1) is 11.8 Å². The van der Waals surface area contributed by atoms with Crippen molar-refractivity contribution in [2.75, 3.05) is 19.4 Å². The summed E-state index contributed by atoms with van der Waals surface area (Å²) in [6.07, 6.45) is 0. The number of carbonyl (C=O) groups excluding carboxylic acids is 1. The third-order valence-corrected chi connectivity index (χ3v) is 4.90. The summed E-state index contributed by atoms with van der Waals surface area (Å²) in [6, 6.07) is 13.5. The molecule has 3 rings (SSSR count). The molecule has 22 heavy (non-hydrogen) atoms. The van der Waals surface area contributed by atoms with Gasteiger partial charge in [0.1, 0.15) is 16.9 Å². The summed E-state index contributed by atoms with van der Waals surface area (Å²) in [5, 5.41) is -0.0600. The molecule has 1 fully saturated rings. The molecule has 0 saturated carbocycles. The van der Waals surface area contributed by atoms with Gasteiger partial charge >= 0.3 is 0 Å². The number of halogens is 1. The molecule has 0 spiro atoms. The van der Waals surface area contributed by atoms with E-state index in [1.54, 1.807) is 55.3 Å². The quantitative estimate of drug-likeness (QED) is 0.864. The SMILES string of the molecule is COc1ccc(C(=O)N2CCS[C@H]2c2ccc(F)cc2)cc1. The molecule has 3 nitrogen and oxygen atoms in total. The number of hydrogen-bond acceptors (Lipinski definition) is 3. The Morgan fingerprint density at radius 3 is 2.50 bits per heavy atom. The van der Waals surface area contributed by atoms with Gasteiger partial charge in [-0.25, -0.2) is 4.39 Å². The van der Waals surface area contributed by atoms with Crippen molar-refractivity contribution in [1.29, 1.82) is 0 Å². The zero-order valence-electron chi connectivity index (χ0n) is 12.2. The van der Waals surface area contributed by atoms with Gasteiger partial charge in [-0.2, -0.15) is 0 Å². The monoisotopic (exact) mass is 317 g/mol. The van der Waals surface area contributed by atoms with E-state index < -0.39 is 0 Å². The number of benzene rings is 2. The van der Waals surface area contributed by atoms with Gasteiger partial charge < -0.3 is 9.64 Å². The molecule has 0 bridgehead atoms. The molecule has 114 valence electrons. The van der Waals surface area contributed by atoms with Crippen LogP contribution in [0, 0.1) is 5.82 Å². The minimum Gasteiger partial charge on any atom is -0.497 e. The average Bonchev–Trinajstić information content (AvgIpc) is 3.04. The Kier molecular flexibility index (Phi) is 4.34. The molecule has 0 aromatic heterocycles. The van der Waals surface area contributed by atoms with E-state index in [-0.39, 0.29) is 17.1 Å². The normalized spacial score (nSPS) is 17.5. The van der Waals surface area contributed by atoms with Crippen molar-refractivity contribution in [3.8, 4) is 5.75 Å². The minimum absolute atomic E-state index is 0.0121. The molecule has 5 heteroatoms. The third-order valence-electron chi connectivity index (χ3n) is 3.64. The van der Waals surface area contributed by atoms with E-state index in [0.717, 1.165) is 17.1 Å². The van der Waals surface area contributed by atoms with E-state index >= 15 is 0 Å². The van der Waals surface area contributed by atoms with Crippen molar-refractivity contribution in [1.82, 2.24) is 4.90 Å². The number of rotatable bonds is 3. The van der Waals surface area contributed by atoms with E-state index in [1.165, 1.54) is 12.1 Å². The Balaban J connectivity index is 1.82. The fourth-order valence-corrected chi connectivity index (χ4v) is 3.74. The summed E-state index contributed by atoms with van der Waals surface area (Å²) in [5.74, 6) is 1.33. The second-order valence-electron chi connectivity index (χ2n) is 5.00. The number of hydrogen-bond donors (Lipinski definition) is 0. The molecule has 0 unspecified atom stereocenters. The average molecular weight is 317 g/mol. The van der Waals surface area contributed by atoms with Crippen molar-refractivity contribution < 1.29 is 13.9 Å². The highest BCUT2D eigenvalue weighted by Gasteiger charge is 2.31. The zero-order chi connectivity index (χ0) is 15.5. The van der Waals surface area contributed by atoms with Gasteiger partial charge in [0, 0.05) is 17.9 Å². The summed E-state index contributed by atoms with van der Waals surface area (Å²) in [5.41, 5.74) is 1.58. The second-order valence-corrected chi connectivity index (χ2v) is 6.19. The van der Waals surface area contributed by atoms with Crippen LogP contribution in [0.5, 0.6) is 5.75 Å². The smallest absolute Gasteiger partial charge is 0.255 e. The van der Waals surface area contributed by atoms with E-state index in [2.05, 4.69) is 0 Å². The van der Waals surface area contributed by atoms with Crippen LogP contribution in [0.1, 0.15) is 21.3 Å². The fourth-order valence-electron chi connectivity index (χ4n) is 2.48. The van der Waals surface area contributed by atoms with Gasteiger partial charge in [0.25, 0.3) is 5.91 Å². The predicted octanol–water partition coefficient (Wildman–Crippen LogP) is 3.72. The maximum atomic E-state index is 13.1. The second kappa shape index (κ2) is 6.40. The van der Waals surface area contributed by atoms with Crippen LogP contribution in [0.15, 0.2) is 48.5 Å². The molecule has 0 N–H and O–H groups in total. The number of ether oxygens (including phenoxy) is 1. The van der Waals surface area contributed by atoms with E-state index in [4.69, 9.17) is 4.74 Å². The van der Waals surface area contributed by atoms with Gasteiger partial charge in [-0.1, -0.05) is 12.1 Å². The zero-order valence-corrected chi connectivity index (χ0v) is 13.0. The largest absolute Gasteiger partial charge is 0.497 e. The molecular formula is C17H16FNO2S. The molecule has 1 heterocycles. The van der Waals surface area contributed by atoms with Crippen LogP contribution >= 0.6 is 11.8 Å². The highest BCUT2D eigenvalue weighted by Crippen LogP contribution is 2.38. The summed E-state index contributed by atoms with van der Waals surface area (Å²) in [7, 11) is 1.60. The predicted molar refractivity (Wildman–Crippen MR) is 85.6 cm³/mol. The van der Waals surface area contributed by atoms with Crippen LogP contribution in [0.2, 0.25) is 0 Å². The van der Waals surface area contributed by atoms with E-state index in [0.29, 0.717) is 12.1 Å². The maximum Gasteiger partial charge on any atom is 0.255 e. The van der Waals surface area contributed by atoms with Crippen LogP contribution in [0.3, 0.4) is 0 Å². The first-order chi connectivity index (χ1) is 10.7. The van der Waals surface area contributed by atoms with Crippen molar-refractivity contribution in [3.05, 3.63) is 65.5 Å². The highest BCUT2D eigenvalue weighted by atomic mass is 32.2. The molecule has 1 saturated heterocycles. The van der Waals surface area contributed by atoms with Crippen LogP contribution in [0.4, 0.5) is 4.39 Å². The van der Waals surface area contributed by atoms with Gasteiger partial charge in [-0.3, -0.25) is 4.79 Å². The van der Waals surface area contributed by atoms with E-state index in [1.807, 2.05) is 4.90 Å². The van der Waals surface area contributed by atoms with Crippen LogP contribution in [0.25, 0.3) is 0 Å². The van der Waals surface area contributed by atoms with Gasteiger partial charge in [0.2, 0.25) is 0 Å². The molecule has 1 aliphatic heterocycles. The molecule has 1 aliphatic rings. The summed E-state index contributed by atoms with van der Waals surface area (Å²) in [6.45, 7) is 0.692. The van der Waals surface area contributed by atoms with Crippen molar-refractivity contribution in [2.24, 2.45) is 0 Å². The lowest BCUT2D eigenvalue weighted by molar-refractivity contribution is 0.0760. The molecule has 1 atom stereocenters. The number of thioether (sulfide) groups is 1. The van der Waals surface area contributed by atoms with Crippen LogP contribution in [-0.2, 0) is 0 Å². The Morgan fingerprint density at radius 1 is 1.18 bits per heavy atom. The standard InChI is InChI=1S/C17H16FNO2S/c1-21-15-8-4-12(5-9-15)16(20)19-10-11-22-17(19)13-2-6-14(18)7-3-13/h2-9,17H,10-11H2,1H3/t17-/m0/s1. The molecular weight excluding hydrogens is 301 g/mol. The molecule has 0 radical (unpaired) electrons. The maximum absolute atomic E-state index is 13.1. The lowest BCUT2D eigenvalue weighted by Gasteiger charge is -2.24. The number of amides is 1. The number of nitrogens with zero attached hydrogens (tertiary/aromatic N) is 1. The first-order valence-corrected chi connectivity index (χ1v) is 8.06. The van der Waals surface area contributed by atoms with Gasteiger partial charge in [-0.05, 0) is 42.0 Å². The Morgan fingerprint density at radius 2 is 1.86 bits per heavy atom. The minimum atomic E-state index is -0.264. The highest BCUT2D eigenvalue weighted by molar-refractivity contribution is 7.99. The molecule has 0 aliphatic carbocycles. The molecule has 1 amide bonds. The van der Waals surface area contributed by atoms with Gasteiger partial charge in [0.05, 0.1) is 7.11 Å². The summed E-state index contributed by atoms with van der Waals surface area (Å²) < 4.78 is 18.2. The Bertz CT molecular complexity index is 657. The third kappa shape index (κ3) is 2.95. The first kappa shape index (κ1) is 14.9. The topological polar surface area (TPSA) is 29.5 Å². The molecule has 2 aromatic carbocycles.